The van der Waals surface area contributed by atoms with Crippen LogP contribution in [0.1, 0.15) is 10.4 Å². The molecule has 0 aliphatic heterocycles. The fourth-order valence-corrected chi connectivity index (χ4v) is 2.96. The minimum Gasteiger partial charge on any atom is -0.266 e. The largest absolute Gasteiger partial charge is 0.285 e. The average Bonchev–Trinajstić information content (AvgIpc) is 2.40. The van der Waals surface area contributed by atoms with E-state index in [9.17, 15) is 9.00 Å². The molecule has 1 atom stereocenters. The van der Waals surface area contributed by atoms with Gasteiger partial charge in [0.1, 0.15) is 0 Å². The van der Waals surface area contributed by atoms with Crippen LogP contribution in [0.3, 0.4) is 0 Å². The molecule has 2 aromatic rings. The number of carbonyl (C=O) groups excluding carboxylic acids is 1. The fraction of sp³-hybridized carbons (Fsp3) is 0.0714. The van der Waals surface area contributed by atoms with E-state index in [1.54, 1.807) is 48.5 Å². The van der Waals surface area contributed by atoms with Gasteiger partial charge in [-0.15, -0.1) is 0 Å². The number of hydrogen-bond acceptors (Lipinski definition) is 2. The first-order valence-corrected chi connectivity index (χ1v) is 8.28. The molecule has 0 aromatic heterocycles. The van der Waals surface area contributed by atoms with E-state index in [0.29, 0.717) is 10.5 Å². The zero-order valence-electron chi connectivity index (χ0n) is 10.2. The third-order valence-corrected chi connectivity index (χ3v) is 4.72. The molecule has 0 aliphatic rings. The highest BCUT2D eigenvalue weighted by Crippen LogP contribution is 2.17. The lowest BCUT2D eigenvalue weighted by atomic mass is 10.2. The molecule has 0 bridgehead atoms. The Labute approximate surface area is 121 Å². The van der Waals surface area contributed by atoms with Crippen molar-refractivity contribution in [3.8, 4) is 0 Å². The van der Waals surface area contributed by atoms with Crippen molar-refractivity contribution in [1.29, 1.82) is 0 Å². The Kier molecular flexibility index (Phi) is 4.17. The molecular formula is C14H12BrNO2S. The molecule has 5 heteroatoms. The summed E-state index contributed by atoms with van der Waals surface area (Å²) in [6.45, 7) is 0. The van der Waals surface area contributed by atoms with Gasteiger partial charge in [0, 0.05) is 21.2 Å². The molecule has 0 saturated carbocycles. The summed E-state index contributed by atoms with van der Waals surface area (Å²) >= 11 is 3.31. The van der Waals surface area contributed by atoms with Gasteiger partial charge >= 0.3 is 0 Å². The molecule has 2 aromatic carbocycles. The van der Waals surface area contributed by atoms with E-state index in [1.165, 1.54) is 6.26 Å². The number of carbonyl (C=O) groups is 1. The summed E-state index contributed by atoms with van der Waals surface area (Å²) in [7, 11) is -2.72. The average molecular weight is 338 g/mol. The standard InChI is InChI=1S/C14H12BrNO2S/c1-19(18,13-9-7-12(15)8-10-13)16-14(17)11-5-3-2-4-6-11/h2-10H,1H3. The van der Waals surface area contributed by atoms with Gasteiger partial charge in [-0.1, -0.05) is 34.1 Å². The molecule has 0 spiro atoms. The second-order valence-corrected chi connectivity index (χ2v) is 7.19. The lowest BCUT2D eigenvalue weighted by Gasteiger charge is -2.04. The molecule has 0 fully saturated rings. The molecule has 3 nitrogen and oxygen atoms in total. The summed E-state index contributed by atoms with van der Waals surface area (Å²) in [5.74, 6) is -0.462. The summed E-state index contributed by atoms with van der Waals surface area (Å²) in [6, 6.07) is 15.6. The number of hydrogen-bond donors (Lipinski definition) is 0. The van der Waals surface area contributed by atoms with Crippen molar-refractivity contribution >= 4 is 31.6 Å². The van der Waals surface area contributed by atoms with Gasteiger partial charge in [-0.3, -0.25) is 4.79 Å². The zero-order valence-corrected chi connectivity index (χ0v) is 12.6. The minimum atomic E-state index is -2.72. The van der Waals surface area contributed by atoms with Gasteiger partial charge in [-0.2, -0.15) is 4.36 Å². The van der Waals surface area contributed by atoms with Crippen LogP contribution in [0.4, 0.5) is 0 Å². The molecule has 0 radical (unpaired) electrons. The first kappa shape index (κ1) is 14.0. The normalized spacial score (nSPS) is 13.6. The summed E-state index contributed by atoms with van der Waals surface area (Å²) in [5.41, 5.74) is 0.439. The Hall–Kier alpha value is -1.46. The summed E-state index contributed by atoms with van der Waals surface area (Å²) in [4.78, 5) is 12.5. The second-order valence-electron chi connectivity index (χ2n) is 4.02. The Bertz CT molecular complexity index is 702. The predicted molar refractivity (Wildman–Crippen MR) is 79.7 cm³/mol. The molecule has 0 N–H and O–H groups in total. The molecular weight excluding hydrogens is 326 g/mol. The Morgan fingerprint density at radius 1 is 1.05 bits per heavy atom. The van der Waals surface area contributed by atoms with Crippen molar-refractivity contribution in [1.82, 2.24) is 0 Å². The maximum absolute atomic E-state index is 12.5. The van der Waals surface area contributed by atoms with Crippen LogP contribution < -0.4 is 0 Å². The van der Waals surface area contributed by atoms with Gasteiger partial charge in [0.2, 0.25) is 0 Å². The zero-order chi connectivity index (χ0) is 13.9. The van der Waals surface area contributed by atoms with Crippen LogP contribution >= 0.6 is 15.9 Å². The second kappa shape index (κ2) is 5.67. The molecule has 0 heterocycles. The molecule has 1 amide bonds. The van der Waals surface area contributed by atoms with Gasteiger partial charge in [-0.25, -0.2) is 4.21 Å². The quantitative estimate of drug-likeness (QED) is 0.837. The van der Waals surface area contributed by atoms with Crippen molar-refractivity contribution in [2.75, 3.05) is 6.26 Å². The van der Waals surface area contributed by atoms with Gasteiger partial charge in [-0.05, 0) is 36.4 Å². The Morgan fingerprint density at radius 3 is 2.21 bits per heavy atom. The van der Waals surface area contributed by atoms with E-state index in [0.717, 1.165) is 4.47 Å². The molecule has 0 aliphatic carbocycles. The number of amides is 1. The fourth-order valence-electron chi connectivity index (χ4n) is 1.53. The summed E-state index contributed by atoms with van der Waals surface area (Å²) < 4.78 is 17.2. The smallest absolute Gasteiger partial charge is 0.266 e. The maximum atomic E-state index is 12.5. The number of halogens is 1. The highest BCUT2D eigenvalue weighted by molar-refractivity contribution is 9.10. The van der Waals surface area contributed by atoms with Crippen LogP contribution in [-0.4, -0.2) is 16.4 Å². The first-order chi connectivity index (χ1) is 8.99. The van der Waals surface area contributed by atoms with Gasteiger partial charge in [0.15, 0.2) is 0 Å². The molecule has 1 unspecified atom stereocenters. The molecule has 2 rings (SSSR count). The molecule has 98 valence electrons. The minimum absolute atomic E-state index is 0.439. The van der Waals surface area contributed by atoms with Crippen LogP contribution in [-0.2, 0) is 9.73 Å². The van der Waals surface area contributed by atoms with Gasteiger partial charge < -0.3 is 0 Å². The van der Waals surface area contributed by atoms with E-state index in [4.69, 9.17) is 0 Å². The topological polar surface area (TPSA) is 46.5 Å². The van der Waals surface area contributed by atoms with Crippen LogP contribution in [0.25, 0.3) is 0 Å². The SMILES string of the molecule is CS(=O)(=NC(=O)c1ccccc1)c1ccc(Br)cc1. The number of benzene rings is 2. The van der Waals surface area contributed by atoms with E-state index >= 15 is 0 Å². The van der Waals surface area contributed by atoms with Crippen molar-refractivity contribution in [2.24, 2.45) is 4.36 Å². The Balaban J connectivity index is 2.39. The van der Waals surface area contributed by atoms with Gasteiger partial charge in [0.25, 0.3) is 5.91 Å². The first-order valence-electron chi connectivity index (χ1n) is 5.56. The molecule has 19 heavy (non-hydrogen) atoms. The van der Waals surface area contributed by atoms with Crippen LogP contribution in [0.2, 0.25) is 0 Å². The van der Waals surface area contributed by atoms with E-state index in [-0.39, 0.29) is 0 Å². The lowest BCUT2D eigenvalue weighted by molar-refractivity contribution is 0.100. The highest BCUT2D eigenvalue weighted by atomic mass is 79.9. The summed E-state index contributed by atoms with van der Waals surface area (Å²) in [5, 5.41) is 0. The van der Waals surface area contributed by atoms with Crippen LogP contribution in [0.15, 0.2) is 68.3 Å². The number of rotatable bonds is 2. The van der Waals surface area contributed by atoms with E-state index in [1.807, 2.05) is 6.07 Å². The third kappa shape index (κ3) is 3.52. The molecule has 0 saturated heterocycles. The van der Waals surface area contributed by atoms with E-state index in [2.05, 4.69) is 20.3 Å². The van der Waals surface area contributed by atoms with E-state index < -0.39 is 15.6 Å². The van der Waals surface area contributed by atoms with Crippen molar-refractivity contribution in [3.63, 3.8) is 0 Å². The third-order valence-electron chi connectivity index (χ3n) is 2.53. The predicted octanol–water partition coefficient (Wildman–Crippen LogP) is 3.75. The monoisotopic (exact) mass is 337 g/mol. The highest BCUT2D eigenvalue weighted by Gasteiger charge is 2.10. The maximum Gasteiger partial charge on any atom is 0.285 e. The lowest BCUT2D eigenvalue weighted by Crippen LogP contribution is -2.03. The van der Waals surface area contributed by atoms with Crippen LogP contribution in [0.5, 0.6) is 0 Å². The number of nitrogens with zero attached hydrogens (tertiary/aromatic N) is 1. The van der Waals surface area contributed by atoms with Crippen LogP contribution in [0, 0.1) is 0 Å². The Morgan fingerprint density at radius 2 is 1.63 bits per heavy atom. The van der Waals surface area contributed by atoms with Gasteiger partial charge in [0.05, 0.1) is 9.73 Å². The van der Waals surface area contributed by atoms with Crippen molar-refractivity contribution in [2.45, 2.75) is 4.90 Å². The summed E-state index contributed by atoms with van der Waals surface area (Å²) in [6.07, 6.45) is 1.47. The van der Waals surface area contributed by atoms with Crippen molar-refractivity contribution < 1.29 is 9.00 Å². The van der Waals surface area contributed by atoms with Crippen molar-refractivity contribution in [3.05, 3.63) is 64.6 Å².